The third-order valence-electron chi connectivity index (χ3n) is 2.58. The van der Waals surface area contributed by atoms with E-state index in [0.717, 1.165) is 35.3 Å². The first kappa shape index (κ1) is 9.84. The fraction of sp³-hybridized carbons (Fsp3) is 0.273. The van der Waals surface area contributed by atoms with E-state index in [1.165, 1.54) is 12.1 Å². The molecular formula is C11H10FN3S. The van der Waals surface area contributed by atoms with E-state index in [0.29, 0.717) is 0 Å². The Labute approximate surface area is 96.7 Å². The van der Waals surface area contributed by atoms with Crippen molar-refractivity contribution >= 4 is 11.8 Å². The monoisotopic (exact) mass is 235 g/mol. The highest BCUT2D eigenvalue weighted by Gasteiger charge is 2.17. The van der Waals surface area contributed by atoms with Gasteiger partial charge >= 0.3 is 0 Å². The van der Waals surface area contributed by atoms with Gasteiger partial charge in [-0.1, -0.05) is 11.8 Å². The maximum atomic E-state index is 12.8. The highest BCUT2D eigenvalue weighted by Crippen LogP contribution is 2.28. The molecule has 82 valence electrons. The summed E-state index contributed by atoms with van der Waals surface area (Å²) in [5.74, 6) is 1.71. The van der Waals surface area contributed by atoms with Crippen molar-refractivity contribution in [3.05, 3.63) is 30.1 Å². The highest BCUT2D eigenvalue weighted by molar-refractivity contribution is 7.99. The van der Waals surface area contributed by atoms with Gasteiger partial charge in [0.05, 0.1) is 0 Å². The van der Waals surface area contributed by atoms with Crippen molar-refractivity contribution in [2.24, 2.45) is 0 Å². The second kappa shape index (κ2) is 3.90. The lowest BCUT2D eigenvalue weighted by Crippen LogP contribution is -2.08. The zero-order valence-corrected chi connectivity index (χ0v) is 9.38. The summed E-state index contributed by atoms with van der Waals surface area (Å²) in [5, 5.41) is 9.27. The number of nitrogens with zero attached hydrogens (tertiary/aromatic N) is 3. The average molecular weight is 235 g/mol. The average Bonchev–Trinajstić information content (AvgIpc) is 2.74. The summed E-state index contributed by atoms with van der Waals surface area (Å²) in [6.07, 6.45) is 1.13. The third kappa shape index (κ3) is 1.61. The van der Waals surface area contributed by atoms with Crippen LogP contribution in [0.25, 0.3) is 11.4 Å². The van der Waals surface area contributed by atoms with Gasteiger partial charge in [-0.05, 0) is 30.7 Å². The lowest BCUT2D eigenvalue weighted by atomic mass is 10.2. The Kier molecular flexibility index (Phi) is 2.40. The number of fused-ring (bicyclic) bond motifs is 1. The van der Waals surface area contributed by atoms with Crippen LogP contribution in [0.5, 0.6) is 0 Å². The van der Waals surface area contributed by atoms with E-state index in [1.807, 2.05) is 0 Å². The molecule has 0 saturated heterocycles. The highest BCUT2D eigenvalue weighted by atomic mass is 32.2. The Morgan fingerprint density at radius 2 is 2.00 bits per heavy atom. The predicted octanol–water partition coefficient (Wildman–Crippen LogP) is 2.58. The van der Waals surface area contributed by atoms with Gasteiger partial charge in [-0.2, -0.15) is 0 Å². The molecule has 1 aliphatic rings. The molecule has 0 saturated carbocycles. The first-order valence-corrected chi connectivity index (χ1v) is 6.15. The molecular weight excluding hydrogens is 225 g/mol. The number of thioether (sulfide) groups is 1. The van der Waals surface area contributed by atoms with Crippen LogP contribution in [-0.2, 0) is 6.54 Å². The van der Waals surface area contributed by atoms with Gasteiger partial charge in [-0.25, -0.2) is 4.39 Å². The number of benzene rings is 1. The van der Waals surface area contributed by atoms with Gasteiger partial charge < -0.3 is 4.57 Å². The lowest BCUT2D eigenvalue weighted by molar-refractivity contribution is 0.611. The van der Waals surface area contributed by atoms with Crippen LogP contribution in [-0.4, -0.2) is 20.5 Å². The molecule has 0 unspecified atom stereocenters. The van der Waals surface area contributed by atoms with E-state index < -0.39 is 0 Å². The molecule has 2 heterocycles. The molecule has 5 heteroatoms. The van der Waals surface area contributed by atoms with Crippen LogP contribution in [0.1, 0.15) is 6.42 Å². The Balaban J connectivity index is 2.06. The molecule has 0 spiro atoms. The lowest BCUT2D eigenvalue weighted by Gasteiger charge is -2.13. The van der Waals surface area contributed by atoms with Crippen LogP contribution >= 0.6 is 11.8 Å². The molecule has 0 radical (unpaired) electrons. The number of halogens is 1. The van der Waals surface area contributed by atoms with E-state index in [-0.39, 0.29) is 5.82 Å². The van der Waals surface area contributed by atoms with E-state index in [2.05, 4.69) is 14.8 Å². The molecule has 0 aliphatic carbocycles. The maximum absolute atomic E-state index is 12.8. The smallest absolute Gasteiger partial charge is 0.191 e. The summed E-state index contributed by atoms with van der Waals surface area (Å²) >= 11 is 1.72. The fourth-order valence-electron chi connectivity index (χ4n) is 1.80. The third-order valence-corrected chi connectivity index (χ3v) is 3.63. The number of rotatable bonds is 1. The summed E-state index contributed by atoms with van der Waals surface area (Å²) in [7, 11) is 0. The molecule has 0 bridgehead atoms. The van der Waals surface area contributed by atoms with E-state index in [1.54, 1.807) is 23.9 Å². The number of aromatic nitrogens is 3. The topological polar surface area (TPSA) is 30.7 Å². The maximum Gasteiger partial charge on any atom is 0.191 e. The number of hydrogen-bond acceptors (Lipinski definition) is 3. The Hall–Kier alpha value is -1.36. The zero-order valence-electron chi connectivity index (χ0n) is 8.56. The van der Waals surface area contributed by atoms with Crippen molar-refractivity contribution < 1.29 is 4.39 Å². The van der Waals surface area contributed by atoms with Gasteiger partial charge in [0.25, 0.3) is 0 Å². The van der Waals surface area contributed by atoms with Gasteiger partial charge in [0, 0.05) is 17.9 Å². The van der Waals surface area contributed by atoms with Crippen LogP contribution in [0, 0.1) is 5.82 Å². The second-order valence-corrected chi connectivity index (χ2v) is 4.73. The molecule has 2 aromatic rings. The van der Waals surface area contributed by atoms with Gasteiger partial charge in [-0.15, -0.1) is 10.2 Å². The summed E-state index contributed by atoms with van der Waals surface area (Å²) in [6.45, 7) is 0.946. The summed E-state index contributed by atoms with van der Waals surface area (Å²) in [4.78, 5) is 0. The van der Waals surface area contributed by atoms with Crippen molar-refractivity contribution in [3.8, 4) is 11.4 Å². The molecule has 1 aromatic heterocycles. The van der Waals surface area contributed by atoms with Crippen molar-refractivity contribution in [2.75, 3.05) is 5.75 Å². The van der Waals surface area contributed by atoms with Gasteiger partial charge in [-0.3, -0.25) is 0 Å². The van der Waals surface area contributed by atoms with Crippen LogP contribution in [0.2, 0.25) is 0 Å². The molecule has 0 atom stereocenters. The standard InChI is InChI=1S/C11H10FN3S/c12-9-4-2-8(3-5-9)10-13-14-11-15(10)6-1-7-16-11/h2-5H,1,6-7H2. The zero-order chi connectivity index (χ0) is 11.0. The minimum Gasteiger partial charge on any atom is -0.302 e. The molecule has 3 nitrogen and oxygen atoms in total. The summed E-state index contributed by atoms with van der Waals surface area (Å²) < 4.78 is 14.9. The van der Waals surface area contributed by atoms with Crippen LogP contribution in [0.4, 0.5) is 4.39 Å². The summed E-state index contributed by atoms with van der Waals surface area (Å²) in [6, 6.07) is 6.39. The molecule has 0 amide bonds. The molecule has 16 heavy (non-hydrogen) atoms. The van der Waals surface area contributed by atoms with Gasteiger partial charge in [0.1, 0.15) is 5.82 Å². The predicted molar refractivity (Wildman–Crippen MR) is 60.8 cm³/mol. The Morgan fingerprint density at radius 1 is 1.19 bits per heavy atom. The SMILES string of the molecule is Fc1ccc(-c2nnc3n2CCCS3)cc1. The normalized spacial score (nSPS) is 14.8. The molecule has 3 rings (SSSR count). The first-order chi connectivity index (χ1) is 7.84. The van der Waals surface area contributed by atoms with E-state index >= 15 is 0 Å². The fourth-order valence-corrected chi connectivity index (χ4v) is 2.68. The largest absolute Gasteiger partial charge is 0.302 e. The van der Waals surface area contributed by atoms with Crippen molar-refractivity contribution in [3.63, 3.8) is 0 Å². The molecule has 1 aromatic carbocycles. The van der Waals surface area contributed by atoms with E-state index in [4.69, 9.17) is 0 Å². The second-order valence-electron chi connectivity index (χ2n) is 3.67. The molecule has 1 aliphatic heterocycles. The van der Waals surface area contributed by atoms with Crippen LogP contribution in [0.3, 0.4) is 0 Å². The number of hydrogen-bond donors (Lipinski definition) is 0. The van der Waals surface area contributed by atoms with Crippen molar-refractivity contribution in [1.82, 2.24) is 14.8 Å². The molecule has 0 N–H and O–H groups in total. The minimum absolute atomic E-state index is 0.225. The van der Waals surface area contributed by atoms with Crippen molar-refractivity contribution in [1.29, 1.82) is 0 Å². The van der Waals surface area contributed by atoms with Crippen LogP contribution < -0.4 is 0 Å². The van der Waals surface area contributed by atoms with Gasteiger partial charge in [0.2, 0.25) is 0 Å². The quantitative estimate of drug-likeness (QED) is 0.761. The van der Waals surface area contributed by atoms with Crippen molar-refractivity contribution in [2.45, 2.75) is 18.1 Å². The first-order valence-electron chi connectivity index (χ1n) is 5.16. The van der Waals surface area contributed by atoms with E-state index in [9.17, 15) is 4.39 Å². The Morgan fingerprint density at radius 3 is 2.81 bits per heavy atom. The minimum atomic E-state index is -0.225. The molecule has 0 fully saturated rings. The van der Waals surface area contributed by atoms with Gasteiger partial charge in [0.15, 0.2) is 11.0 Å². The Bertz CT molecular complexity index is 506. The summed E-state index contributed by atoms with van der Waals surface area (Å²) in [5.41, 5.74) is 0.919. The van der Waals surface area contributed by atoms with Crippen LogP contribution in [0.15, 0.2) is 29.4 Å².